The van der Waals surface area contributed by atoms with Crippen molar-refractivity contribution in [3.63, 3.8) is 0 Å². The fraction of sp³-hybridized carbons (Fsp3) is 0.375. The Kier molecular flexibility index (Phi) is 5.99. The Hall–Kier alpha value is -2.54. The van der Waals surface area contributed by atoms with Crippen molar-refractivity contribution in [1.29, 1.82) is 0 Å². The SMILES string of the molecule is COc1ccc(OCc2nc(C(=O)NCC[C@@H](C)O)co2)cc1. The van der Waals surface area contributed by atoms with Crippen molar-refractivity contribution < 1.29 is 23.8 Å². The molecule has 0 saturated carbocycles. The summed E-state index contributed by atoms with van der Waals surface area (Å²) in [6, 6.07) is 7.11. The maximum absolute atomic E-state index is 11.8. The number of nitrogens with zero attached hydrogens (tertiary/aromatic N) is 1. The van der Waals surface area contributed by atoms with Crippen LogP contribution in [0.2, 0.25) is 0 Å². The zero-order valence-electron chi connectivity index (χ0n) is 13.1. The maximum Gasteiger partial charge on any atom is 0.273 e. The average Bonchev–Trinajstić information content (AvgIpc) is 3.02. The molecule has 0 saturated heterocycles. The van der Waals surface area contributed by atoms with Crippen LogP contribution in [0.25, 0.3) is 0 Å². The molecule has 1 aromatic heterocycles. The summed E-state index contributed by atoms with van der Waals surface area (Å²) in [7, 11) is 1.59. The molecular formula is C16H20N2O5. The number of hydrogen-bond acceptors (Lipinski definition) is 6. The first kappa shape index (κ1) is 16.8. The van der Waals surface area contributed by atoms with Gasteiger partial charge in [0.05, 0.1) is 13.2 Å². The van der Waals surface area contributed by atoms with E-state index in [-0.39, 0.29) is 18.2 Å². The smallest absolute Gasteiger partial charge is 0.273 e. The van der Waals surface area contributed by atoms with Crippen LogP contribution in [-0.4, -0.2) is 35.8 Å². The van der Waals surface area contributed by atoms with Gasteiger partial charge in [-0.25, -0.2) is 4.98 Å². The third-order valence-electron chi connectivity index (χ3n) is 3.05. The highest BCUT2D eigenvalue weighted by atomic mass is 16.5. The highest BCUT2D eigenvalue weighted by Crippen LogP contribution is 2.18. The molecule has 0 aliphatic rings. The van der Waals surface area contributed by atoms with Crippen molar-refractivity contribution in [1.82, 2.24) is 10.3 Å². The number of carbonyl (C=O) groups is 1. The monoisotopic (exact) mass is 320 g/mol. The summed E-state index contributed by atoms with van der Waals surface area (Å²) >= 11 is 0. The molecule has 7 nitrogen and oxygen atoms in total. The Morgan fingerprint density at radius 2 is 2.04 bits per heavy atom. The van der Waals surface area contributed by atoms with Gasteiger partial charge in [-0.3, -0.25) is 4.79 Å². The first-order chi connectivity index (χ1) is 11.1. The molecule has 1 amide bonds. The molecule has 1 heterocycles. The zero-order chi connectivity index (χ0) is 16.7. The average molecular weight is 320 g/mol. The minimum absolute atomic E-state index is 0.118. The van der Waals surface area contributed by atoms with Crippen molar-refractivity contribution in [2.75, 3.05) is 13.7 Å². The summed E-state index contributed by atoms with van der Waals surface area (Å²) in [4.78, 5) is 15.9. The van der Waals surface area contributed by atoms with Gasteiger partial charge in [0.1, 0.15) is 17.8 Å². The van der Waals surface area contributed by atoms with E-state index in [0.29, 0.717) is 24.6 Å². The van der Waals surface area contributed by atoms with Gasteiger partial charge in [-0.1, -0.05) is 0 Å². The second-order valence-corrected chi connectivity index (χ2v) is 4.98. The standard InChI is InChI=1S/C16H20N2O5/c1-11(19)7-8-17-16(20)14-9-23-15(18-14)10-22-13-5-3-12(21-2)4-6-13/h3-6,9,11,19H,7-8,10H2,1-2H3,(H,17,20)/t11-/m1/s1. The number of nitrogens with one attached hydrogen (secondary N) is 1. The second-order valence-electron chi connectivity index (χ2n) is 4.98. The summed E-state index contributed by atoms with van der Waals surface area (Å²) in [6.45, 7) is 2.16. The molecule has 1 atom stereocenters. The van der Waals surface area contributed by atoms with Gasteiger partial charge in [-0.2, -0.15) is 0 Å². The molecule has 0 bridgehead atoms. The molecular weight excluding hydrogens is 300 g/mol. The first-order valence-corrected chi connectivity index (χ1v) is 7.26. The molecule has 2 N–H and O–H groups in total. The quantitative estimate of drug-likeness (QED) is 0.770. The number of carbonyl (C=O) groups excluding carboxylic acids is 1. The van der Waals surface area contributed by atoms with Crippen LogP contribution in [0.1, 0.15) is 29.7 Å². The lowest BCUT2D eigenvalue weighted by molar-refractivity contribution is 0.0940. The minimum Gasteiger partial charge on any atom is -0.497 e. The van der Waals surface area contributed by atoms with Gasteiger partial charge in [-0.15, -0.1) is 0 Å². The van der Waals surface area contributed by atoms with Gasteiger partial charge in [-0.05, 0) is 37.6 Å². The summed E-state index contributed by atoms with van der Waals surface area (Å²) in [5.41, 5.74) is 0.184. The van der Waals surface area contributed by atoms with Crippen LogP contribution in [0.3, 0.4) is 0 Å². The molecule has 0 fully saturated rings. The maximum atomic E-state index is 11.8. The second kappa shape index (κ2) is 8.19. The Morgan fingerprint density at radius 3 is 2.70 bits per heavy atom. The third-order valence-corrected chi connectivity index (χ3v) is 3.05. The number of methoxy groups -OCH3 is 1. The van der Waals surface area contributed by atoms with Gasteiger partial charge < -0.3 is 24.3 Å². The van der Waals surface area contributed by atoms with Gasteiger partial charge in [0, 0.05) is 6.54 Å². The Bertz CT molecular complexity index is 622. The molecule has 124 valence electrons. The number of oxazole rings is 1. The topological polar surface area (TPSA) is 93.8 Å². The lowest BCUT2D eigenvalue weighted by Crippen LogP contribution is -2.26. The van der Waals surface area contributed by atoms with E-state index in [2.05, 4.69) is 10.3 Å². The van der Waals surface area contributed by atoms with E-state index in [1.165, 1.54) is 6.26 Å². The molecule has 0 spiro atoms. The van der Waals surface area contributed by atoms with Gasteiger partial charge >= 0.3 is 0 Å². The van der Waals surface area contributed by atoms with Crippen LogP contribution >= 0.6 is 0 Å². The predicted molar refractivity (Wildman–Crippen MR) is 82.5 cm³/mol. The Labute approximate surface area is 134 Å². The predicted octanol–water partition coefficient (Wildman–Crippen LogP) is 1.76. The van der Waals surface area contributed by atoms with Crippen LogP contribution < -0.4 is 14.8 Å². The molecule has 2 rings (SSSR count). The summed E-state index contributed by atoms with van der Waals surface area (Å²) in [5.74, 6) is 1.35. The zero-order valence-corrected chi connectivity index (χ0v) is 13.1. The van der Waals surface area contributed by atoms with E-state index in [0.717, 1.165) is 5.75 Å². The van der Waals surface area contributed by atoms with Gasteiger partial charge in [0.25, 0.3) is 5.91 Å². The van der Waals surface area contributed by atoms with Crippen LogP contribution in [0.4, 0.5) is 0 Å². The molecule has 1 aromatic carbocycles. The van der Waals surface area contributed by atoms with E-state index in [9.17, 15) is 4.79 Å². The number of benzene rings is 1. The molecule has 7 heteroatoms. The fourth-order valence-electron chi connectivity index (χ4n) is 1.78. The van der Waals surface area contributed by atoms with E-state index in [4.69, 9.17) is 19.0 Å². The molecule has 23 heavy (non-hydrogen) atoms. The lowest BCUT2D eigenvalue weighted by atomic mass is 10.3. The number of rotatable bonds is 8. The highest BCUT2D eigenvalue weighted by molar-refractivity contribution is 5.91. The third kappa shape index (κ3) is 5.30. The Morgan fingerprint density at radius 1 is 1.35 bits per heavy atom. The summed E-state index contributed by atoms with van der Waals surface area (Å²) < 4.78 is 15.8. The molecule has 0 aliphatic carbocycles. The van der Waals surface area contributed by atoms with Crippen molar-refractivity contribution >= 4 is 5.91 Å². The minimum atomic E-state index is -0.457. The number of amides is 1. The summed E-state index contributed by atoms with van der Waals surface area (Å²) in [5, 5.41) is 11.8. The number of aliphatic hydroxyl groups is 1. The van der Waals surface area contributed by atoms with E-state index < -0.39 is 6.10 Å². The van der Waals surface area contributed by atoms with Gasteiger partial charge in [0.15, 0.2) is 12.3 Å². The molecule has 0 radical (unpaired) electrons. The molecule has 0 aliphatic heterocycles. The Balaban J connectivity index is 1.82. The van der Waals surface area contributed by atoms with Crippen LogP contribution in [-0.2, 0) is 6.61 Å². The molecule has 2 aromatic rings. The van der Waals surface area contributed by atoms with Crippen molar-refractivity contribution in [2.24, 2.45) is 0 Å². The summed E-state index contributed by atoms with van der Waals surface area (Å²) in [6.07, 6.45) is 1.31. The van der Waals surface area contributed by atoms with Crippen LogP contribution in [0.5, 0.6) is 11.5 Å². The number of aromatic nitrogens is 1. The first-order valence-electron chi connectivity index (χ1n) is 7.26. The number of aliphatic hydroxyl groups excluding tert-OH is 1. The molecule has 0 unspecified atom stereocenters. The fourth-order valence-corrected chi connectivity index (χ4v) is 1.78. The van der Waals surface area contributed by atoms with E-state index in [1.807, 2.05) is 0 Å². The van der Waals surface area contributed by atoms with Crippen LogP contribution in [0.15, 0.2) is 34.9 Å². The largest absolute Gasteiger partial charge is 0.497 e. The number of hydrogen-bond donors (Lipinski definition) is 2. The van der Waals surface area contributed by atoms with Gasteiger partial charge in [0.2, 0.25) is 5.89 Å². The van der Waals surface area contributed by atoms with Crippen LogP contribution in [0, 0.1) is 0 Å². The van der Waals surface area contributed by atoms with Crippen molar-refractivity contribution in [2.45, 2.75) is 26.1 Å². The van der Waals surface area contributed by atoms with E-state index in [1.54, 1.807) is 38.3 Å². The lowest BCUT2D eigenvalue weighted by Gasteiger charge is -2.05. The highest BCUT2D eigenvalue weighted by Gasteiger charge is 2.12. The van der Waals surface area contributed by atoms with E-state index >= 15 is 0 Å². The number of ether oxygens (including phenoxy) is 2. The van der Waals surface area contributed by atoms with Crippen molar-refractivity contribution in [3.05, 3.63) is 42.1 Å². The van der Waals surface area contributed by atoms with Crippen molar-refractivity contribution in [3.8, 4) is 11.5 Å². The normalized spacial score (nSPS) is 11.8.